The fourth-order valence-corrected chi connectivity index (χ4v) is 4.27. The zero-order valence-electron chi connectivity index (χ0n) is 12.7. The Bertz CT molecular complexity index is 606. The lowest BCUT2D eigenvalue weighted by atomic mass is 10.0. The first-order valence-electron chi connectivity index (χ1n) is 7.12. The molecule has 5 nitrogen and oxygen atoms in total. The summed E-state index contributed by atoms with van der Waals surface area (Å²) in [6, 6.07) is 4.82. The molecule has 0 aliphatic heterocycles. The molecule has 2 rings (SSSR count). The van der Waals surface area contributed by atoms with E-state index in [4.69, 9.17) is 9.84 Å². The number of benzene rings is 1. The number of sulfonamides is 1. The van der Waals surface area contributed by atoms with E-state index in [0.29, 0.717) is 17.2 Å². The van der Waals surface area contributed by atoms with Gasteiger partial charge in [-0.1, -0.05) is 0 Å². The molecule has 0 amide bonds. The fourth-order valence-electron chi connectivity index (χ4n) is 2.55. The quantitative estimate of drug-likeness (QED) is 0.803. The topological polar surface area (TPSA) is 75.6 Å². The molecule has 6 heteroatoms. The smallest absolute Gasteiger partial charge is 0.241 e. The molecule has 2 N–H and O–H groups in total. The molecule has 1 aliphatic rings. The molecule has 0 unspecified atom stereocenters. The molecule has 1 aromatic carbocycles. The lowest BCUT2D eigenvalue weighted by molar-refractivity contribution is 0.298. The van der Waals surface area contributed by atoms with E-state index in [0.717, 1.165) is 12.8 Å². The average molecular weight is 313 g/mol. The van der Waals surface area contributed by atoms with Crippen LogP contribution in [0.25, 0.3) is 0 Å². The molecule has 0 heterocycles. The number of nitrogens with one attached hydrogen (secondary N) is 1. The molecular formula is C15H23NO4S. The summed E-state index contributed by atoms with van der Waals surface area (Å²) in [6.07, 6.45) is 2.39. The van der Waals surface area contributed by atoms with Crippen LogP contribution in [0.3, 0.4) is 0 Å². The number of rotatable bonds is 7. The van der Waals surface area contributed by atoms with Crippen LogP contribution < -0.4 is 9.46 Å². The van der Waals surface area contributed by atoms with Crippen molar-refractivity contribution in [2.45, 2.75) is 43.5 Å². The van der Waals surface area contributed by atoms with Gasteiger partial charge in [0.05, 0.1) is 12.0 Å². The highest BCUT2D eigenvalue weighted by Gasteiger charge is 2.40. The molecule has 1 fully saturated rings. The zero-order chi connectivity index (χ0) is 15.7. The molecular weight excluding hydrogens is 290 g/mol. The van der Waals surface area contributed by atoms with Crippen molar-refractivity contribution < 1.29 is 18.3 Å². The third-order valence-corrected chi connectivity index (χ3v) is 5.71. The van der Waals surface area contributed by atoms with Crippen molar-refractivity contribution in [1.29, 1.82) is 0 Å². The summed E-state index contributed by atoms with van der Waals surface area (Å²) in [5.74, 6) is 0.977. The number of aliphatic hydroxyl groups is 1. The van der Waals surface area contributed by atoms with Gasteiger partial charge in [-0.2, -0.15) is 0 Å². The normalized spacial score (nSPS) is 16.0. The van der Waals surface area contributed by atoms with Crippen LogP contribution in [-0.4, -0.2) is 32.8 Å². The first kappa shape index (κ1) is 16.3. The van der Waals surface area contributed by atoms with E-state index < -0.39 is 15.6 Å². The van der Waals surface area contributed by atoms with Crippen molar-refractivity contribution in [3.8, 4) is 5.75 Å². The summed E-state index contributed by atoms with van der Waals surface area (Å²) in [5.41, 5.74) is 0.117. The van der Waals surface area contributed by atoms with Crippen LogP contribution in [0.1, 0.15) is 32.3 Å². The van der Waals surface area contributed by atoms with Gasteiger partial charge in [0.1, 0.15) is 5.75 Å². The summed E-state index contributed by atoms with van der Waals surface area (Å²) in [5, 5.41) is 9.15. The van der Waals surface area contributed by atoms with Crippen LogP contribution in [0.2, 0.25) is 0 Å². The largest absolute Gasteiger partial charge is 0.497 e. The minimum atomic E-state index is -3.62. The minimum absolute atomic E-state index is 0.109. The van der Waals surface area contributed by atoms with E-state index in [2.05, 4.69) is 4.72 Å². The maximum absolute atomic E-state index is 12.6. The zero-order valence-corrected chi connectivity index (χ0v) is 13.5. The number of hydrogen-bond acceptors (Lipinski definition) is 4. The molecule has 0 aromatic heterocycles. The Morgan fingerprint density at radius 2 is 2.05 bits per heavy atom. The summed E-state index contributed by atoms with van der Waals surface area (Å²) in [4.78, 5) is 0.214. The SMILES string of the molecule is COc1ccc(S(=O)(=O)NC(C)(C)C2CC2)c(CCO)c1. The molecule has 1 aromatic rings. The summed E-state index contributed by atoms with van der Waals surface area (Å²) >= 11 is 0. The second-order valence-corrected chi connectivity index (χ2v) is 7.70. The molecule has 21 heavy (non-hydrogen) atoms. The van der Waals surface area contributed by atoms with E-state index in [1.807, 2.05) is 13.8 Å². The van der Waals surface area contributed by atoms with E-state index in [1.54, 1.807) is 12.1 Å². The Hall–Kier alpha value is -1.11. The van der Waals surface area contributed by atoms with Gasteiger partial charge in [-0.15, -0.1) is 0 Å². The predicted molar refractivity (Wildman–Crippen MR) is 80.9 cm³/mol. The average Bonchev–Trinajstić information content (AvgIpc) is 3.22. The molecule has 1 saturated carbocycles. The third kappa shape index (κ3) is 3.75. The number of ether oxygens (including phenoxy) is 1. The van der Waals surface area contributed by atoms with Gasteiger partial charge in [0.2, 0.25) is 10.0 Å². The van der Waals surface area contributed by atoms with Crippen LogP contribution in [0.5, 0.6) is 5.75 Å². The van der Waals surface area contributed by atoms with E-state index in [-0.39, 0.29) is 17.9 Å². The summed E-state index contributed by atoms with van der Waals surface area (Å²) < 4.78 is 33.2. The Morgan fingerprint density at radius 3 is 2.57 bits per heavy atom. The van der Waals surface area contributed by atoms with Crippen LogP contribution in [0, 0.1) is 5.92 Å². The first-order chi connectivity index (χ1) is 9.80. The molecule has 0 radical (unpaired) electrons. The van der Waals surface area contributed by atoms with Gasteiger partial charge in [-0.3, -0.25) is 0 Å². The van der Waals surface area contributed by atoms with Gasteiger partial charge >= 0.3 is 0 Å². The highest BCUT2D eigenvalue weighted by molar-refractivity contribution is 7.89. The Kier molecular flexibility index (Phi) is 4.60. The number of methoxy groups -OCH3 is 1. The number of hydrogen-bond donors (Lipinski definition) is 2. The van der Waals surface area contributed by atoms with Gasteiger partial charge in [0.25, 0.3) is 0 Å². The number of aliphatic hydroxyl groups excluding tert-OH is 1. The lowest BCUT2D eigenvalue weighted by Crippen LogP contribution is -2.45. The van der Waals surface area contributed by atoms with Crippen molar-refractivity contribution in [1.82, 2.24) is 4.72 Å². The van der Waals surface area contributed by atoms with Gasteiger partial charge in [0, 0.05) is 12.1 Å². The molecule has 1 aliphatic carbocycles. The highest BCUT2D eigenvalue weighted by atomic mass is 32.2. The second-order valence-electron chi connectivity index (χ2n) is 6.05. The maximum Gasteiger partial charge on any atom is 0.241 e. The Morgan fingerprint density at radius 1 is 1.38 bits per heavy atom. The van der Waals surface area contributed by atoms with Crippen LogP contribution >= 0.6 is 0 Å². The highest BCUT2D eigenvalue weighted by Crippen LogP contribution is 2.40. The molecule has 0 atom stereocenters. The molecule has 0 spiro atoms. The molecule has 0 bridgehead atoms. The van der Waals surface area contributed by atoms with Crippen LogP contribution in [-0.2, 0) is 16.4 Å². The van der Waals surface area contributed by atoms with Crippen molar-refractivity contribution in [2.75, 3.05) is 13.7 Å². The molecule has 0 saturated heterocycles. The predicted octanol–water partition coefficient (Wildman–Crippen LogP) is 1.70. The van der Waals surface area contributed by atoms with Gasteiger partial charge in [-0.05, 0) is 62.8 Å². The first-order valence-corrected chi connectivity index (χ1v) is 8.60. The van der Waals surface area contributed by atoms with Crippen molar-refractivity contribution in [3.63, 3.8) is 0 Å². The monoisotopic (exact) mass is 313 g/mol. The molecule has 118 valence electrons. The third-order valence-electron chi connectivity index (χ3n) is 3.93. The summed E-state index contributed by atoms with van der Waals surface area (Å²) in [7, 11) is -2.09. The maximum atomic E-state index is 12.6. The van der Waals surface area contributed by atoms with Gasteiger partial charge < -0.3 is 9.84 Å². The summed E-state index contributed by atoms with van der Waals surface area (Å²) in [6.45, 7) is 3.72. The van der Waals surface area contributed by atoms with Crippen molar-refractivity contribution in [2.24, 2.45) is 5.92 Å². The van der Waals surface area contributed by atoms with E-state index >= 15 is 0 Å². The van der Waals surface area contributed by atoms with Crippen molar-refractivity contribution in [3.05, 3.63) is 23.8 Å². The second kappa shape index (κ2) is 5.94. The van der Waals surface area contributed by atoms with Gasteiger partial charge in [-0.25, -0.2) is 13.1 Å². The van der Waals surface area contributed by atoms with E-state index in [9.17, 15) is 8.42 Å². The Balaban J connectivity index is 2.34. The van der Waals surface area contributed by atoms with Crippen molar-refractivity contribution >= 4 is 10.0 Å². The van der Waals surface area contributed by atoms with Crippen LogP contribution in [0.4, 0.5) is 0 Å². The van der Waals surface area contributed by atoms with E-state index in [1.165, 1.54) is 13.2 Å². The minimum Gasteiger partial charge on any atom is -0.497 e. The Labute approximate surface area is 126 Å². The fraction of sp³-hybridized carbons (Fsp3) is 0.600. The standard InChI is InChI=1S/C15H23NO4S/c1-15(2,12-4-5-12)16-21(18,19)14-7-6-13(20-3)10-11(14)8-9-17/h6-7,10,12,16-17H,4-5,8-9H2,1-3H3. The van der Waals surface area contributed by atoms with Gasteiger partial charge in [0.15, 0.2) is 0 Å². The van der Waals surface area contributed by atoms with Crippen LogP contribution in [0.15, 0.2) is 23.1 Å². The lowest BCUT2D eigenvalue weighted by Gasteiger charge is -2.26.